The van der Waals surface area contributed by atoms with E-state index in [4.69, 9.17) is 4.74 Å². The Morgan fingerprint density at radius 1 is 0.654 bits per heavy atom. The first kappa shape index (κ1) is 17.8. The summed E-state index contributed by atoms with van der Waals surface area (Å²) in [6.07, 6.45) is 0. The third-order valence-electron chi connectivity index (χ3n) is 4.09. The van der Waals surface area contributed by atoms with Crippen molar-refractivity contribution in [2.45, 2.75) is 6.92 Å². The lowest BCUT2D eigenvalue weighted by Crippen LogP contribution is -1.90. The molecule has 0 aliphatic heterocycles. The fraction of sp³-hybridized carbons (Fsp3) is 0.0909. The molecule has 0 N–H and O–H groups in total. The second kappa shape index (κ2) is 7.94. The van der Waals surface area contributed by atoms with Gasteiger partial charge >= 0.3 is 0 Å². The first-order valence-corrected chi connectivity index (χ1v) is 11.1. The standard InChI is InChI=1S/C22H17IOS2/c1-2-24-18-9-7-16(8-10-18)15-3-5-17(6-4-15)19-11-12-20(25-19)21-13-14-22(23)26-21/h3-14H,2H2,1H3. The lowest BCUT2D eigenvalue weighted by atomic mass is 10.0. The zero-order chi connectivity index (χ0) is 17.9. The number of thiophene rings is 2. The van der Waals surface area contributed by atoms with E-state index < -0.39 is 0 Å². The minimum Gasteiger partial charge on any atom is -0.494 e. The summed E-state index contributed by atoms with van der Waals surface area (Å²) < 4.78 is 6.84. The van der Waals surface area contributed by atoms with Crippen LogP contribution in [0.4, 0.5) is 0 Å². The normalized spacial score (nSPS) is 10.8. The van der Waals surface area contributed by atoms with Gasteiger partial charge in [-0.15, -0.1) is 22.7 Å². The maximum atomic E-state index is 5.52. The fourth-order valence-corrected chi connectivity index (χ4v) is 5.53. The topological polar surface area (TPSA) is 9.23 Å². The van der Waals surface area contributed by atoms with Crippen molar-refractivity contribution < 1.29 is 4.74 Å². The van der Waals surface area contributed by atoms with Crippen LogP contribution in [0.2, 0.25) is 0 Å². The zero-order valence-corrected chi connectivity index (χ0v) is 18.0. The van der Waals surface area contributed by atoms with Crippen LogP contribution in [0.25, 0.3) is 31.3 Å². The SMILES string of the molecule is CCOc1ccc(-c2ccc(-c3ccc(-c4ccc(I)s4)s3)cc2)cc1. The molecule has 4 aromatic rings. The Kier molecular flexibility index (Phi) is 5.43. The van der Waals surface area contributed by atoms with Gasteiger partial charge in [-0.2, -0.15) is 0 Å². The molecule has 0 spiro atoms. The van der Waals surface area contributed by atoms with Crippen LogP contribution in [-0.2, 0) is 0 Å². The Balaban J connectivity index is 1.55. The average Bonchev–Trinajstić information content (AvgIpc) is 3.32. The summed E-state index contributed by atoms with van der Waals surface area (Å²) in [5.41, 5.74) is 3.70. The maximum Gasteiger partial charge on any atom is 0.119 e. The van der Waals surface area contributed by atoms with E-state index in [1.54, 1.807) is 0 Å². The number of hydrogen-bond acceptors (Lipinski definition) is 3. The highest BCUT2D eigenvalue weighted by Gasteiger charge is 2.07. The predicted molar refractivity (Wildman–Crippen MR) is 122 cm³/mol. The largest absolute Gasteiger partial charge is 0.494 e. The van der Waals surface area contributed by atoms with Crippen molar-refractivity contribution in [3.05, 3.63) is 75.7 Å². The molecule has 0 fully saturated rings. The Morgan fingerprint density at radius 2 is 1.19 bits per heavy atom. The predicted octanol–water partition coefficient (Wildman–Crippen LogP) is 7.81. The summed E-state index contributed by atoms with van der Waals surface area (Å²) in [5.74, 6) is 0.919. The van der Waals surface area contributed by atoms with Gasteiger partial charge in [-0.1, -0.05) is 36.4 Å². The second-order valence-electron chi connectivity index (χ2n) is 5.80. The minimum absolute atomic E-state index is 0.696. The number of benzene rings is 2. The molecule has 0 bridgehead atoms. The average molecular weight is 488 g/mol. The monoisotopic (exact) mass is 488 g/mol. The smallest absolute Gasteiger partial charge is 0.119 e. The molecule has 26 heavy (non-hydrogen) atoms. The van der Waals surface area contributed by atoms with Gasteiger partial charge in [-0.3, -0.25) is 0 Å². The first-order valence-electron chi connectivity index (χ1n) is 8.42. The second-order valence-corrected chi connectivity index (χ2v) is 9.86. The molecule has 2 aromatic carbocycles. The molecule has 0 saturated heterocycles. The van der Waals surface area contributed by atoms with Crippen molar-refractivity contribution in [1.82, 2.24) is 0 Å². The van der Waals surface area contributed by atoms with Crippen molar-refractivity contribution in [2.75, 3.05) is 6.61 Å². The third-order valence-corrected chi connectivity index (χ3v) is 7.31. The van der Waals surface area contributed by atoms with Crippen LogP contribution in [0.1, 0.15) is 6.92 Å². The van der Waals surface area contributed by atoms with E-state index in [0.717, 1.165) is 5.75 Å². The minimum atomic E-state index is 0.696. The molecule has 4 rings (SSSR count). The number of halogens is 1. The highest BCUT2D eigenvalue weighted by atomic mass is 127. The molecular formula is C22H17IOS2. The number of ether oxygens (including phenoxy) is 1. The molecule has 0 unspecified atom stereocenters. The third kappa shape index (κ3) is 3.87. The summed E-state index contributed by atoms with van der Waals surface area (Å²) in [6.45, 7) is 2.70. The van der Waals surface area contributed by atoms with Crippen molar-refractivity contribution in [3.8, 4) is 37.1 Å². The molecule has 0 amide bonds. The van der Waals surface area contributed by atoms with Crippen molar-refractivity contribution in [2.24, 2.45) is 0 Å². The van der Waals surface area contributed by atoms with E-state index in [1.807, 2.05) is 41.7 Å². The van der Waals surface area contributed by atoms with Gasteiger partial charge in [-0.05, 0) is 82.6 Å². The molecule has 0 aliphatic carbocycles. The van der Waals surface area contributed by atoms with Crippen LogP contribution in [0.5, 0.6) is 5.75 Å². The van der Waals surface area contributed by atoms with Gasteiger partial charge in [0.25, 0.3) is 0 Å². The lowest BCUT2D eigenvalue weighted by molar-refractivity contribution is 0.340. The van der Waals surface area contributed by atoms with Gasteiger partial charge in [0.15, 0.2) is 0 Å². The van der Waals surface area contributed by atoms with Crippen molar-refractivity contribution in [3.63, 3.8) is 0 Å². The van der Waals surface area contributed by atoms with E-state index >= 15 is 0 Å². The van der Waals surface area contributed by atoms with Crippen LogP contribution in [0.15, 0.2) is 72.8 Å². The summed E-state index contributed by atoms with van der Waals surface area (Å²) in [7, 11) is 0. The summed E-state index contributed by atoms with van der Waals surface area (Å²) >= 11 is 6.07. The Morgan fingerprint density at radius 3 is 1.81 bits per heavy atom. The molecule has 0 atom stereocenters. The van der Waals surface area contributed by atoms with Crippen LogP contribution >= 0.6 is 45.3 Å². The summed E-state index contributed by atoms with van der Waals surface area (Å²) in [4.78, 5) is 3.99. The molecule has 4 heteroatoms. The first-order chi connectivity index (χ1) is 12.7. The van der Waals surface area contributed by atoms with Gasteiger partial charge in [0.2, 0.25) is 0 Å². The van der Waals surface area contributed by atoms with Gasteiger partial charge in [0.1, 0.15) is 5.75 Å². The highest BCUT2D eigenvalue weighted by Crippen LogP contribution is 2.38. The maximum absolute atomic E-state index is 5.52. The quantitative estimate of drug-likeness (QED) is 0.260. The number of rotatable bonds is 5. The molecule has 2 heterocycles. The molecule has 1 nitrogen and oxygen atoms in total. The summed E-state index contributed by atoms with van der Waals surface area (Å²) in [5, 5.41) is 0. The van der Waals surface area contributed by atoms with Crippen molar-refractivity contribution in [1.29, 1.82) is 0 Å². The van der Waals surface area contributed by atoms with E-state index in [1.165, 1.54) is 34.2 Å². The van der Waals surface area contributed by atoms with Crippen LogP contribution in [0.3, 0.4) is 0 Å². The molecule has 0 saturated carbocycles. The highest BCUT2D eigenvalue weighted by molar-refractivity contribution is 14.1. The van der Waals surface area contributed by atoms with E-state index in [-0.39, 0.29) is 0 Å². The molecule has 0 aliphatic rings. The van der Waals surface area contributed by atoms with E-state index in [2.05, 4.69) is 83.3 Å². The Labute approximate surface area is 175 Å². The molecule has 130 valence electrons. The lowest BCUT2D eigenvalue weighted by Gasteiger charge is -2.06. The van der Waals surface area contributed by atoms with Gasteiger partial charge in [-0.25, -0.2) is 0 Å². The summed E-state index contributed by atoms with van der Waals surface area (Å²) in [6, 6.07) is 25.9. The molecule has 0 radical (unpaired) electrons. The zero-order valence-electron chi connectivity index (χ0n) is 14.2. The van der Waals surface area contributed by atoms with Crippen LogP contribution in [0, 0.1) is 2.88 Å². The van der Waals surface area contributed by atoms with Crippen LogP contribution < -0.4 is 4.74 Å². The van der Waals surface area contributed by atoms with Crippen LogP contribution in [-0.4, -0.2) is 6.61 Å². The van der Waals surface area contributed by atoms with Gasteiger partial charge in [0.05, 0.1) is 9.49 Å². The van der Waals surface area contributed by atoms with Gasteiger partial charge < -0.3 is 4.74 Å². The number of hydrogen-bond donors (Lipinski definition) is 0. The Bertz CT molecular complexity index is 997. The van der Waals surface area contributed by atoms with E-state index in [9.17, 15) is 0 Å². The fourth-order valence-electron chi connectivity index (χ4n) is 2.81. The van der Waals surface area contributed by atoms with Crippen molar-refractivity contribution >= 4 is 45.3 Å². The molecule has 2 aromatic heterocycles. The van der Waals surface area contributed by atoms with E-state index in [0.29, 0.717) is 6.61 Å². The van der Waals surface area contributed by atoms with Gasteiger partial charge in [0, 0.05) is 14.6 Å². The Hall–Kier alpha value is -1.63. The molecular weight excluding hydrogens is 471 g/mol.